The minimum absolute atomic E-state index is 0.0838. The van der Waals surface area contributed by atoms with Crippen LogP contribution in [0.25, 0.3) is 0 Å². The lowest BCUT2D eigenvalue weighted by Gasteiger charge is -2.26. The fraction of sp³-hybridized carbons (Fsp3) is 0.500. The molecule has 1 atom stereocenters. The highest BCUT2D eigenvalue weighted by molar-refractivity contribution is 5.93. The van der Waals surface area contributed by atoms with Gasteiger partial charge in [-0.25, -0.2) is 0 Å². The molecular formula is C20H27N3O. The summed E-state index contributed by atoms with van der Waals surface area (Å²) in [6.45, 7) is 9.40. The Kier molecular flexibility index (Phi) is 4.24. The molecule has 128 valence electrons. The first kappa shape index (κ1) is 16.7. The molecule has 1 aromatic carbocycles. The van der Waals surface area contributed by atoms with Crippen LogP contribution in [0.5, 0.6) is 0 Å². The van der Waals surface area contributed by atoms with E-state index in [-0.39, 0.29) is 17.4 Å². The van der Waals surface area contributed by atoms with Gasteiger partial charge in [0, 0.05) is 13.6 Å². The fourth-order valence-electron chi connectivity index (χ4n) is 3.52. The van der Waals surface area contributed by atoms with Gasteiger partial charge in [0.05, 0.1) is 11.7 Å². The SMILES string of the molecule is Cc1cc(C(=O)N2CCCC2c2ccc(C(C)(C)C)cc2)n(C)n1. The molecule has 4 heteroatoms. The lowest BCUT2D eigenvalue weighted by Crippen LogP contribution is -2.32. The molecule has 1 unspecified atom stereocenters. The van der Waals surface area contributed by atoms with E-state index in [1.54, 1.807) is 4.68 Å². The van der Waals surface area contributed by atoms with E-state index in [1.165, 1.54) is 11.1 Å². The fourth-order valence-corrected chi connectivity index (χ4v) is 3.52. The summed E-state index contributed by atoms with van der Waals surface area (Å²) in [7, 11) is 1.84. The highest BCUT2D eigenvalue weighted by Crippen LogP contribution is 2.34. The van der Waals surface area contributed by atoms with Gasteiger partial charge in [-0.3, -0.25) is 9.48 Å². The number of carbonyl (C=O) groups excluding carboxylic acids is 1. The van der Waals surface area contributed by atoms with Crippen LogP contribution < -0.4 is 0 Å². The normalized spacial score (nSPS) is 18.2. The third-order valence-corrected chi connectivity index (χ3v) is 4.90. The largest absolute Gasteiger partial charge is 0.330 e. The highest BCUT2D eigenvalue weighted by Gasteiger charge is 2.32. The van der Waals surface area contributed by atoms with Crippen molar-refractivity contribution in [2.24, 2.45) is 7.05 Å². The van der Waals surface area contributed by atoms with Gasteiger partial charge in [-0.05, 0) is 42.4 Å². The van der Waals surface area contributed by atoms with Crippen LogP contribution >= 0.6 is 0 Å². The van der Waals surface area contributed by atoms with E-state index in [0.717, 1.165) is 25.1 Å². The highest BCUT2D eigenvalue weighted by atomic mass is 16.2. The van der Waals surface area contributed by atoms with Crippen molar-refractivity contribution in [1.29, 1.82) is 0 Å². The minimum atomic E-state index is 0.0838. The molecule has 2 aromatic rings. The summed E-state index contributed by atoms with van der Waals surface area (Å²) in [4.78, 5) is 15.0. The molecule has 0 N–H and O–H groups in total. The molecular weight excluding hydrogens is 298 g/mol. The van der Waals surface area contributed by atoms with Gasteiger partial charge in [-0.2, -0.15) is 5.10 Å². The summed E-state index contributed by atoms with van der Waals surface area (Å²) in [6.07, 6.45) is 2.08. The van der Waals surface area contributed by atoms with Crippen LogP contribution in [0.2, 0.25) is 0 Å². The monoisotopic (exact) mass is 325 g/mol. The van der Waals surface area contributed by atoms with Crippen LogP contribution in [-0.2, 0) is 12.5 Å². The summed E-state index contributed by atoms with van der Waals surface area (Å²) in [6, 6.07) is 10.8. The van der Waals surface area contributed by atoms with E-state index >= 15 is 0 Å². The number of hydrogen-bond acceptors (Lipinski definition) is 2. The Balaban J connectivity index is 1.85. The molecule has 1 aliphatic rings. The van der Waals surface area contributed by atoms with Gasteiger partial charge >= 0.3 is 0 Å². The van der Waals surface area contributed by atoms with Crippen molar-refractivity contribution in [3.05, 3.63) is 52.8 Å². The molecule has 1 aliphatic heterocycles. The van der Waals surface area contributed by atoms with Crippen LogP contribution in [0.4, 0.5) is 0 Å². The average Bonchev–Trinajstić information content (AvgIpc) is 3.12. The zero-order valence-corrected chi connectivity index (χ0v) is 15.3. The third kappa shape index (κ3) is 3.10. The number of likely N-dealkylation sites (tertiary alicyclic amines) is 1. The Morgan fingerprint density at radius 1 is 1.21 bits per heavy atom. The van der Waals surface area contributed by atoms with Crippen LogP contribution in [0, 0.1) is 6.92 Å². The van der Waals surface area contributed by atoms with Crippen LogP contribution in [0.1, 0.15) is 67.0 Å². The second-order valence-corrected chi connectivity index (χ2v) is 7.82. The summed E-state index contributed by atoms with van der Waals surface area (Å²) in [5.74, 6) is 0.0838. The number of rotatable bonds is 2. The molecule has 0 aliphatic carbocycles. The molecule has 0 saturated carbocycles. The Labute approximate surface area is 144 Å². The Morgan fingerprint density at radius 3 is 2.42 bits per heavy atom. The molecule has 4 nitrogen and oxygen atoms in total. The number of nitrogens with zero attached hydrogens (tertiary/aromatic N) is 3. The zero-order chi connectivity index (χ0) is 17.5. The van der Waals surface area contributed by atoms with Crippen molar-refractivity contribution in [1.82, 2.24) is 14.7 Å². The van der Waals surface area contributed by atoms with E-state index in [9.17, 15) is 4.79 Å². The van der Waals surface area contributed by atoms with Crippen molar-refractivity contribution in [2.45, 2.75) is 52.0 Å². The Hall–Kier alpha value is -2.10. The van der Waals surface area contributed by atoms with Crippen LogP contribution in [-0.4, -0.2) is 27.1 Å². The summed E-state index contributed by atoms with van der Waals surface area (Å²) in [5.41, 5.74) is 4.25. The Bertz CT molecular complexity index is 737. The van der Waals surface area contributed by atoms with Crippen molar-refractivity contribution in [2.75, 3.05) is 6.54 Å². The van der Waals surface area contributed by atoms with Crippen LogP contribution in [0.3, 0.4) is 0 Å². The standard InChI is InChI=1S/C20H27N3O/c1-14-13-18(22(5)21-14)19(24)23-12-6-7-17(23)15-8-10-16(11-9-15)20(2,3)4/h8-11,13,17H,6-7,12H2,1-5H3. The van der Waals surface area contributed by atoms with E-state index in [1.807, 2.05) is 24.9 Å². The second kappa shape index (κ2) is 6.08. The van der Waals surface area contributed by atoms with Gasteiger partial charge in [0.1, 0.15) is 5.69 Å². The average molecular weight is 325 g/mol. The van der Waals surface area contributed by atoms with Gasteiger partial charge < -0.3 is 4.90 Å². The van der Waals surface area contributed by atoms with Gasteiger partial charge in [-0.1, -0.05) is 45.0 Å². The predicted molar refractivity (Wildman–Crippen MR) is 96.1 cm³/mol. The summed E-state index contributed by atoms with van der Waals surface area (Å²) < 4.78 is 1.69. The molecule has 24 heavy (non-hydrogen) atoms. The van der Waals surface area contributed by atoms with Crippen LogP contribution in [0.15, 0.2) is 30.3 Å². The maximum absolute atomic E-state index is 13.0. The molecule has 0 bridgehead atoms. The van der Waals surface area contributed by atoms with Crippen molar-refractivity contribution in [3.8, 4) is 0 Å². The Morgan fingerprint density at radius 2 is 1.88 bits per heavy atom. The summed E-state index contributed by atoms with van der Waals surface area (Å²) >= 11 is 0. The molecule has 1 amide bonds. The zero-order valence-electron chi connectivity index (χ0n) is 15.3. The van der Waals surface area contributed by atoms with Gasteiger partial charge in [-0.15, -0.1) is 0 Å². The number of carbonyl (C=O) groups is 1. The van der Waals surface area contributed by atoms with E-state index in [4.69, 9.17) is 0 Å². The van der Waals surface area contributed by atoms with Gasteiger partial charge in [0.25, 0.3) is 5.91 Å². The summed E-state index contributed by atoms with van der Waals surface area (Å²) in [5, 5.41) is 4.31. The van der Waals surface area contributed by atoms with Gasteiger partial charge in [0.15, 0.2) is 0 Å². The molecule has 1 saturated heterocycles. The van der Waals surface area contributed by atoms with Gasteiger partial charge in [0.2, 0.25) is 0 Å². The predicted octanol–water partition coefficient (Wildman–Crippen LogP) is 4.00. The number of amides is 1. The minimum Gasteiger partial charge on any atom is -0.330 e. The second-order valence-electron chi connectivity index (χ2n) is 7.82. The first-order valence-electron chi connectivity index (χ1n) is 8.69. The lowest BCUT2D eigenvalue weighted by molar-refractivity contribution is 0.0724. The quantitative estimate of drug-likeness (QED) is 0.837. The molecule has 1 aromatic heterocycles. The number of benzene rings is 1. The van der Waals surface area contributed by atoms with E-state index in [2.05, 4.69) is 50.1 Å². The molecule has 2 heterocycles. The topological polar surface area (TPSA) is 38.1 Å². The van der Waals surface area contributed by atoms with E-state index < -0.39 is 0 Å². The molecule has 0 spiro atoms. The third-order valence-electron chi connectivity index (χ3n) is 4.90. The van der Waals surface area contributed by atoms with Crippen molar-refractivity contribution >= 4 is 5.91 Å². The van der Waals surface area contributed by atoms with Crippen molar-refractivity contribution < 1.29 is 4.79 Å². The maximum Gasteiger partial charge on any atom is 0.272 e. The maximum atomic E-state index is 13.0. The molecule has 3 rings (SSSR count). The van der Waals surface area contributed by atoms with E-state index in [0.29, 0.717) is 5.69 Å². The number of hydrogen-bond donors (Lipinski definition) is 0. The lowest BCUT2D eigenvalue weighted by atomic mass is 9.86. The molecule has 1 fully saturated rings. The van der Waals surface area contributed by atoms with Crippen molar-refractivity contribution in [3.63, 3.8) is 0 Å². The first-order chi connectivity index (χ1) is 11.3. The number of aromatic nitrogens is 2. The smallest absolute Gasteiger partial charge is 0.272 e. The molecule has 0 radical (unpaired) electrons. The number of aryl methyl sites for hydroxylation is 2. The first-order valence-corrected chi connectivity index (χ1v) is 8.69.